The van der Waals surface area contributed by atoms with Gasteiger partial charge in [0.05, 0.1) is 12.2 Å². The summed E-state index contributed by atoms with van der Waals surface area (Å²) in [6, 6.07) is 9.83. The number of carbonyl (C=O) groups excluding carboxylic acids is 1. The number of Topliss-reactive ketones (excluding diaryl/α,β-unsaturated/α-hetero) is 1. The predicted octanol–water partition coefficient (Wildman–Crippen LogP) is 3.49. The fourth-order valence-corrected chi connectivity index (χ4v) is 3.09. The summed E-state index contributed by atoms with van der Waals surface area (Å²) in [5.41, 5.74) is 0.223. The summed E-state index contributed by atoms with van der Waals surface area (Å²) in [5.74, 6) is -0.348. The van der Waals surface area contributed by atoms with E-state index in [1.54, 1.807) is 6.92 Å². The van der Waals surface area contributed by atoms with E-state index in [4.69, 9.17) is 4.74 Å². The maximum Gasteiger partial charge on any atom is 0.166 e. The van der Waals surface area contributed by atoms with Crippen molar-refractivity contribution >= 4 is 5.78 Å². The molecule has 2 rings (SSSR count). The predicted molar refractivity (Wildman–Crippen MR) is 82.9 cm³/mol. The molecule has 1 aromatic carbocycles. The maximum absolute atomic E-state index is 12.5. The molecule has 0 aromatic heterocycles. The second-order valence-electron chi connectivity index (χ2n) is 6.23. The van der Waals surface area contributed by atoms with Gasteiger partial charge in [0, 0.05) is 5.92 Å². The van der Waals surface area contributed by atoms with Crippen molar-refractivity contribution in [3.63, 3.8) is 0 Å². The first-order valence-electron chi connectivity index (χ1n) is 7.94. The Morgan fingerprint density at radius 3 is 2.43 bits per heavy atom. The molecule has 21 heavy (non-hydrogen) atoms. The molecule has 0 radical (unpaired) electrons. The summed E-state index contributed by atoms with van der Waals surface area (Å²) < 4.78 is 5.69. The monoisotopic (exact) mass is 290 g/mol. The molecule has 1 N–H and O–H groups in total. The Balaban J connectivity index is 1.89. The zero-order valence-electron chi connectivity index (χ0n) is 13.0. The first kappa shape index (κ1) is 16.2. The number of ketones is 1. The van der Waals surface area contributed by atoms with Gasteiger partial charge in [0.25, 0.3) is 0 Å². The quantitative estimate of drug-likeness (QED) is 0.872. The van der Waals surface area contributed by atoms with E-state index >= 15 is 0 Å². The number of benzene rings is 1. The zero-order valence-corrected chi connectivity index (χ0v) is 13.0. The number of ether oxygens (including phenoxy) is 1. The number of rotatable bonds is 6. The second-order valence-corrected chi connectivity index (χ2v) is 6.23. The summed E-state index contributed by atoms with van der Waals surface area (Å²) in [7, 11) is 0. The number of carbonyl (C=O) groups is 1. The van der Waals surface area contributed by atoms with Gasteiger partial charge in [0.2, 0.25) is 0 Å². The molecule has 3 nitrogen and oxygen atoms in total. The van der Waals surface area contributed by atoms with Crippen LogP contribution in [0.15, 0.2) is 30.3 Å². The fraction of sp³-hybridized carbons (Fsp3) is 0.611. The van der Waals surface area contributed by atoms with Gasteiger partial charge in [-0.3, -0.25) is 4.79 Å². The van der Waals surface area contributed by atoms with Crippen LogP contribution in [-0.4, -0.2) is 22.6 Å². The number of aliphatic hydroxyl groups is 1. The Morgan fingerprint density at radius 2 is 1.81 bits per heavy atom. The highest BCUT2D eigenvalue weighted by atomic mass is 16.5. The molecule has 1 saturated carbocycles. The highest BCUT2D eigenvalue weighted by molar-refractivity contribution is 5.85. The van der Waals surface area contributed by atoms with Gasteiger partial charge in [0.15, 0.2) is 5.78 Å². The molecule has 0 aliphatic heterocycles. The average molecular weight is 290 g/mol. The SMILES string of the molecule is CC(C(=O)[C@H](C)OCc1ccccc1)C1(O)CCCCC1. The summed E-state index contributed by atoms with van der Waals surface area (Å²) in [6.45, 7) is 4.06. The molecule has 3 heteroatoms. The van der Waals surface area contributed by atoms with Crippen molar-refractivity contribution in [3.8, 4) is 0 Å². The standard InChI is InChI=1S/C18H26O3/c1-14(18(20)11-7-4-8-12-18)17(19)15(2)21-13-16-9-5-3-6-10-16/h3,5-6,9-10,14-15,20H,4,7-8,11-13H2,1-2H3/t14?,15-/m0/s1. The Hall–Kier alpha value is -1.19. The van der Waals surface area contributed by atoms with Crippen LogP contribution in [0.5, 0.6) is 0 Å². The lowest BCUT2D eigenvalue weighted by molar-refractivity contribution is -0.145. The van der Waals surface area contributed by atoms with Crippen molar-refractivity contribution in [1.82, 2.24) is 0 Å². The maximum atomic E-state index is 12.5. The average Bonchev–Trinajstić information content (AvgIpc) is 2.53. The lowest BCUT2D eigenvalue weighted by Gasteiger charge is -2.37. The topological polar surface area (TPSA) is 46.5 Å². The molecular weight excluding hydrogens is 264 g/mol. The number of hydrogen-bond donors (Lipinski definition) is 1. The fourth-order valence-electron chi connectivity index (χ4n) is 3.09. The lowest BCUT2D eigenvalue weighted by atomic mass is 9.74. The number of hydrogen-bond acceptors (Lipinski definition) is 3. The van der Waals surface area contributed by atoms with Crippen molar-refractivity contribution in [2.45, 2.75) is 64.3 Å². The van der Waals surface area contributed by atoms with Crippen molar-refractivity contribution in [2.24, 2.45) is 5.92 Å². The largest absolute Gasteiger partial charge is 0.389 e. The van der Waals surface area contributed by atoms with Crippen molar-refractivity contribution in [2.75, 3.05) is 0 Å². The van der Waals surface area contributed by atoms with Gasteiger partial charge in [0.1, 0.15) is 6.10 Å². The highest BCUT2D eigenvalue weighted by Gasteiger charge is 2.40. The van der Waals surface area contributed by atoms with Gasteiger partial charge in [-0.15, -0.1) is 0 Å². The minimum atomic E-state index is -0.834. The van der Waals surface area contributed by atoms with Crippen LogP contribution in [0.1, 0.15) is 51.5 Å². The van der Waals surface area contributed by atoms with Gasteiger partial charge < -0.3 is 9.84 Å². The Labute approximate surface area is 127 Å². The van der Waals surface area contributed by atoms with E-state index in [1.165, 1.54) is 0 Å². The van der Waals surface area contributed by atoms with Gasteiger partial charge >= 0.3 is 0 Å². The Bertz CT molecular complexity index is 449. The summed E-state index contributed by atoms with van der Waals surface area (Å²) in [6.07, 6.45) is 4.15. The minimum Gasteiger partial charge on any atom is -0.389 e. The van der Waals surface area contributed by atoms with E-state index < -0.39 is 11.7 Å². The summed E-state index contributed by atoms with van der Waals surface area (Å²) >= 11 is 0. The first-order chi connectivity index (χ1) is 10.0. The van der Waals surface area contributed by atoms with Crippen LogP contribution < -0.4 is 0 Å². The molecule has 0 saturated heterocycles. The molecule has 1 aliphatic carbocycles. The Morgan fingerprint density at radius 1 is 1.19 bits per heavy atom. The van der Waals surface area contributed by atoms with Crippen molar-refractivity contribution in [3.05, 3.63) is 35.9 Å². The van der Waals surface area contributed by atoms with Crippen molar-refractivity contribution in [1.29, 1.82) is 0 Å². The molecule has 1 fully saturated rings. The smallest absolute Gasteiger partial charge is 0.166 e. The summed E-state index contributed by atoms with van der Waals surface area (Å²) in [4.78, 5) is 12.5. The second kappa shape index (κ2) is 7.19. The van der Waals surface area contributed by atoms with E-state index in [0.717, 1.165) is 37.7 Å². The van der Waals surface area contributed by atoms with Crippen molar-refractivity contribution < 1.29 is 14.6 Å². The molecule has 116 valence electrons. The molecule has 1 unspecified atom stereocenters. The van der Waals surface area contributed by atoms with Crippen LogP contribution in [0.4, 0.5) is 0 Å². The van der Waals surface area contributed by atoms with Crippen LogP contribution in [0, 0.1) is 5.92 Å². The third kappa shape index (κ3) is 4.14. The van der Waals surface area contributed by atoms with Crippen LogP contribution >= 0.6 is 0 Å². The van der Waals surface area contributed by atoms with Crippen LogP contribution in [0.25, 0.3) is 0 Å². The van der Waals surface area contributed by atoms with Crippen LogP contribution in [-0.2, 0) is 16.1 Å². The molecule has 0 bridgehead atoms. The lowest BCUT2D eigenvalue weighted by Crippen LogP contribution is -2.45. The molecule has 2 atom stereocenters. The summed E-state index contributed by atoms with van der Waals surface area (Å²) in [5, 5.41) is 10.7. The molecule has 1 aliphatic rings. The van der Waals surface area contributed by atoms with Gasteiger partial charge in [-0.1, -0.05) is 56.5 Å². The molecule has 0 amide bonds. The third-order valence-corrected chi connectivity index (χ3v) is 4.70. The minimum absolute atomic E-state index is 0.00957. The van der Waals surface area contributed by atoms with E-state index in [2.05, 4.69) is 0 Å². The zero-order chi connectivity index (χ0) is 15.3. The van der Waals surface area contributed by atoms with E-state index in [9.17, 15) is 9.90 Å². The molecule has 1 aromatic rings. The van der Waals surface area contributed by atoms with E-state index in [0.29, 0.717) is 6.61 Å². The van der Waals surface area contributed by atoms with Gasteiger partial charge in [-0.25, -0.2) is 0 Å². The molecule has 0 spiro atoms. The molecular formula is C18H26O3. The first-order valence-corrected chi connectivity index (χ1v) is 7.94. The van der Waals surface area contributed by atoms with Crippen LogP contribution in [0.2, 0.25) is 0 Å². The van der Waals surface area contributed by atoms with Gasteiger partial charge in [-0.2, -0.15) is 0 Å². The van der Waals surface area contributed by atoms with Gasteiger partial charge in [-0.05, 0) is 25.3 Å². The highest BCUT2D eigenvalue weighted by Crippen LogP contribution is 2.35. The normalized spacial score (nSPS) is 20.7. The van der Waals surface area contributed by atoms with E-state index in [-0.39, 0.29) is 11.7 Å². The Kier molecular flexibility index (Phi) is 5.54. The molecule has 0 heterocycles. The van der Waals surface area contributed by atoms with Crippen LogP contribution in [0.3, 0.4) is 0 Å². The third-order valence-electron chi connectivity index (χ3n) is 4.70. The van der Waals surface area contributed by atoms with E-state index in [1.807, 2.05) is 37.3 Å².